The van der Waals surface area contributed by atoms with Gasteiger partial charge in [0.05, 0.1) is 0 Å². The molecule has 2 atom stereocenters. The fourth-order valence-electron chi connectivity index (χ4n) is 1.06. The second-order valence-electron chi connectivity index (χ2n) is 3.59. The SMILES string of the molecule is C=CC(O)C#CC#CC(O)C=CCCCCC. The first-order chi connectivity index (χ1) is 8.20. The van der Waals surface area contributed by atoms with E-state index in [1.807, 2.05) is 6.08 Å². The molecule has 0 aromatic heterocycles. The highest BCUT2D eigenvalue weighted by Crippen LogP contribution is 2.00. The normalized spacial score (nSPS) is 13.1. The molecule has 92 valence electrons. The van der Waals surface area contributed by atoms with Gasteiger partial charge in [-0.15, -0.1) is 0 Å². The lowest BCUT2D eigenvalue weighted by Crippen LogP contribution is -1.97. The highest BCUT2D eigenvalue weighted by molar-refractivity contribution is 5.31. The molecule has 0 aliphatic carbocycles. The average molecular weight is 232 g/mol. The molecule has 0 rings (SSSR count). The third-order valence-corrected chi connectivity index (χ3v) is 2.02. The van der Waals surface area contributed by atoms with Crippen LogP contribution in [0.1, 0.15) is 32.6 Å². The molecule has 2 heteroatoms. The second-order valence-corrected chi connectivity index (χ2v) is 3.59. The van der Waals surface area contributed by atoms with Gasteiger partial charge in [0, 0.05) is 0 Å². The molecule has 0 bridgehead atoms. The van der Waals surface area contributed by atoms with E-state index in [2.05, 4.69) is 37.2 Å². The van der Waals surface area contributed by atoms with Gasteiger partial charge in [-0.2, -0.15) is 0 Å². The van der Waals surface area contributed by atoms with Crippen LogP contribution in [0.15, 0.2) is 24.8 Å². The lowest BCUT2D eigenvalue weighted by atomic mass is 10.2. The summed E-state index contributed by atoms with van der Waals surface area (Å²) in [6.07, 6.45) is 7.77. The largest absolute Gasteiger partial charge is 0.377 e. The zero-order valence-corrected chi connectivity index (χ0v) is 10.3. The van der Waals surface area contributed by atoms with Crippen LogP contribution in [0.3, 0.4) is 0 Å². The van der Waals surface area contributed by atoms with E-state index in [1.165, 1.54) is 18.9 Å². The minimum atomic E-state index is -0.856. The van der Waals surface area contributed by atoms with Gasteiger partial charge in [-0.05, 0) is 30.8 Å². The van der Waals surface area contributed by atoms with Crippen molar-refractivity contribution in [2.24, 2.45) is 0 Å². The number of allylic oxidation sites excluding steroid dienone is 1. The van der Waals surface area contributed by atoms with Gasteiger partial charge in [-0.3, -0.25) is 0 Å². The Balaban J connectivity index is 3.91. The molecule has 0 aromatic carbocycles. The molecule has 17 heavy (non-hydrogen) atoms. The Morgan fingerprint density at radius 3 is 2.35 bits per heavy atom. The van der Waals surface area contributed by atoms with Gasteiger partial charge in [0.1, 0.15) is 12.2 Å². The monoisotopic (exact) mass is 232 g/mol. The first kappa shape index (κ1) is 15.5. The Morgan fingerprint density at radius 1 is 1.12 bits per heavy atom. The summed E-state index contributed by atoms with van der Waals surface area (Å²) < 4.78 is 0. The number of hydrogen-bond donors (Lipinski definition) is 2. The van der Waals surface area contributed by atoms with Gasteiger partial charge in [0.2, 0.25) is 0 Å². The van der Waals surface area contributed by atoms with Crippen LogP contribution >= 0.6 is 0 Å². The summed E-state index contributed by atoms with van der Waals surface area (Å²) in [5.41, 5.74) is 0. The van der Waals surface area contributed by atoms with Crippen LogP contribution in [-0.2, 0) is 0 Å². The van der Waals surface area contributed by atoms with Crippen molar-refractivity contribution < 1.29 is 10.2 Å². The Labute approximate surface area is 104 Å². The highest BCUT2D eigenvalue weighted by Gasteiger charge is 1.89. The fraction of sp³-hybridized carbons (Fsp3) is 0.467. The maximum Gasteiger partial charge on any atom is 0.134 e. The lowest BCUT2D eigenvalue weighted by molar-refractivity contribution is 0.280. The van der Waals surface area contributed by atoms with Crippen molar-refractivity contribution in [3.63, 3.8) is 0 Å². The Morgan fingerprint density at radius 2 is 1.76 bits per heavy atom. The predicted molar refractivity (Wildman–Crippen MR) is 71.0 cm³/mol. The van der Waals surface area contributed by atoms with Gasteiger partial charge in [-0.1, -0.05) is 50.3 Å². The fourth-order valence-corrected chi connectivity index (χ4v) is 1.06. The Kier molecular flexibility index (Phi) is 10.1. The zero-order valence-electron chi connectivity index (χ0n) is 10.3. The van der Waals surface area contributed by atoms with Crippen molar-refractivity contribution in [3.8, 4) is 23.7 Å². The first-order valence-electron chi connectivity index (χ1n) is 5.87. The van der Waals surface area contributed by atoms with Crippen molar-refractivity contribution in [1.29, 1.82) is 0 Å². The minimum absolute atomic E-state index is 0.785. The Hall–Kier alpha value is -1.48. The van der Waals surface area contributed by atoms with Crippen molar-refractivity contribution in [2.75, 3.05) is 0 Å². The van der Waals surface area contributed by atoms with Crippen molar-refractivity contribution in [3.05, 3.63) is 24.8 Å². The van der Waals surface area contributed by atoms with E-state index in [1.54, 1.807) is 6.08 Å². The molecule has 0 aromatic rings. The first-order valence-corrected chi connectivity index (χ1v) is 5.87. The van der Waals surface area contributed by atoms with Crippen LogP contribution < -0.4 is 0 Å². The summed E-state index contributed by atoms with van der Waals surface area (Å²) in [5, 5.41) is 18.4. The molecular weight excluding hydrogens is 212 g/mol. The topological polar surface area (TPSA) is 40.5 Å². The molecule has 2 unspecified atom stereocenters. The molecule has 0 aliphatic rings. The van der Waals surface area contributed by atoms with Gasteiger partial charge in [0.15, 0.2) is 0 Å². The van der Waals surface area contributed by atoms with Gasteiger partial charge >= 0.3 is 0 Å². The smallest absolute Gasteiger partial charge is 0.134 e. The summed E-state index contributed by atoms with van der Waals surface area (Å²) in [6, 6.07) is 0. The third kappa shape index (κ3) is 10.8. The lowest BCUT2D eigenvalue weighted by Gasteiger charge is -1.94. The summed E-state index contributed by atoms with van der Waals surface area (Å²) >= 11 is 0. The number of unbranched alkanes of at least 4 members (excludes halogenated alkanes) is 3. The van der Waals surface area contributed by atoms with E-state index in [9.17, 15) is 5.11 Å². The van der Waals surface area contributed by atoms with E-state index >= 15 is 0 Å². The molecule has 0 aliphatic heterocycles. The zero-order chi connectivity index (χ0) is 12.9. The highest BCUT2D eigenvalue weighted by atomic mass is 16.3. The van der Waals surface area contributed by atoms with Crippen LogP contribution in [-0.4, -0.2) is 22.4 Å². The number of hydrogen-bond acceptors (Lipinski definition) is 2. The molecular formula is C15H20O2. The molecule has 0 amide bonds. The van der Waals surface area contributed by atoms with Crippen LogP contribution in [0.4, 0.5) is 0 Å². The van der Waals surface area contributed by atoms with Crippen LogP contribution in [0.25, 0.3) is 0 Å². The minimum Gasteiger partial charge on any atom is -0.377 e. The maximum absolute atomic E-state index is 9.42. The molecule has 0 heterocycles. The van der Waals surface area contributed by atoms with Gasteiger partial charge in [-0.25, -0.2) is 0 Å². The van der Waals surface area contributed by atoms with Crippen molar-refractivity contribution in [2.45, 2.75) is 44.8 Å². The standard InChI is InChI=1S/C15H20O2/c1-3-5-6-7-8-12-15(17)13-10-9-11-14(16)4-2/h4,8,12,14-17H,2-3,5-7H2,1H3. The molecule has 0 radical (unpaired) electrons. The summed E-state index contributed by atoms with van der Waals surface area (Å²) in [7, 11) is 0. The van der Waals surface area contributed by atoms with E-state index in [0.29, 0.717) is 0 Å². The summed E-state index contributed by atoms with van der Waals surface area (Å²) in [4.78, 5) is 0. The summed E-state index contributed by atoms with van der Waals surface area (Å²) in [6.45, 7) is 5.53. The molecule has 0 saturated carbocycles. The van der Waals surface area contributed by atoms with Gasteiger partial charge in [0.25, 0.3) is 0 Å². The van der Waals surface area contributed by atoms with Gasteiger partial charge < -0.3 is 10.2 Å². The second kappa shape index (κ2) is 11.0. The average Bonchev–Trinajstić information content (AvgIpc) is 2.34. The molecule has 2 N–H and O–H groups in total. The van der Waals surface area contributed by atoms with E-state index < -0.39 is 12.2 Å². The summed E-state index contributed by atoms with van der Waals surface area (Å²) in [5.74, 6) is 9.94. The van der Waals surface area contributed by atoms with Crippen LogP contribution in [0.5, 0.6) is 0 Å². The molecule has 0 saturated heterocycles. The molecule has 0 fully saturated rings. The molecule has 2 nitrogen and oxygen atoms in total. The number of rotatable bonds is 6. The van der Waals surface area contributed by atoms with Crippen LogP contribution in [0.2, 0.25) is 0 Å². The maximum atomic E-state index is 9.42. The van der Waals surface area contributed by atoms with Crippen molar-refractivity contribution in [1.82, 2.24) is 0 Å². The third-order valence-electron chi connectivity index (χ3n) is 2.02. The molecule has 0 spiro atoms. The Bertz CT molecular complexity index is 347. The van der Waals surface area contributed by atoms with Crippen LogP contribution in [0, 0.1) is 23.7 Å². The number of aliphatic hydroxyl groups excluding tert-OH is 2. The number of aliphatic hydroxyl groups is 2. The quantitative estimate of drug-likeness (QED) is 0.418. The predicted octanol–water partition coefficient (Wildman–Crippen LogP) is 2.04. The van der Waals surface area contributed by atoms with E-state index in [-0.39, 0.29) is 0 Å². The van der Waals surface area contributed by atoms with E-state index in [0.717, 1.165) is 12.8 Å². The van der Waals surface area contributed by atoms with Crippen molar-refractivity contribution >= 4 is 0 Å². The van der Waals surface area contributed by atoms with E-state index in [4.69, 9.17) is 5.11 Å².